The Labute approximate surface area is 261 Å². The Hall–Kier alpha value is -3.02. The quantitative estimate of drug-likeness (QED) is 0.277. The Bertz CT molecular complexity index is 1520. The summed E-state index contributed by atoms with van der Waals surface area (Å²) in [6.07, 6.45) is 14.1. The van der Waals surface area contributed by atoms with Gasteiger partial charge >= 0.3 is 0 Å². The minimum Gasteiger partial charge on any atom is -0.467 e. The Balaban J connectivity index is 1.10. The Morgan fingerprint density at radius 3 is 2.30 bits per heavy atom. The summed E-state index contributed by atoms with van der Waals surface area (Å²) in [6.45, 7) is 7.13. The fourth-order valence-electron chi connectivity index (χ4n) is 11.1. The molecule has 6 heteroatoms. The lowest BCUT2D eigenvalue weighted by atomic mass is 9.53. The van der Waals surface area contributed by atoms with Crippen LogP contribution in [-0.4, -0.2) is 32.8 Å². The number of para-hydroxylation sites is 1. The molecule has 6 nitrogen and oxygen atoms in total. The molecule has 1 aromatic carbocycles. The average Bonchev–Trinajstić information content (AvgIpc) is 3.35. The van der Waals surface area contributed by atoms with Gasteiger partial charge in [-0.1, -0.05) is 51.3 Å². The number of fused-ring (bicyclic) bond motifs is 1. The largest absolute Gasteiger partial charge is 0.467 e. The molecule has 6 fully saturated rings. The molecule has 6 saturated carbocycles. The van der Waals surface area contributed by atoms with Gasteiger partial charge in [-0.25, -0.2) is 0 Å². The highest BCUT2D eigenvalue weighted by Gasteiger charge is 2.61. The van der Waals surface area contributed by atoms with Crippen LogP contribution in [0.3, 0.4) is 0 Å². The number of H-pyrrole nitrogens is 1. The smallest absolute Gasteiger partial charge is 0.246 e. The van der Waals surface area contributed by atoms with Crippen molar-refractivity contribution in [2.75, 3.05) is 0 Å². The van der Waals surface area contributed by atoms with Crippen LogP contribution in [-0.2, 0) is 16.1 Å². The fraction of sp³-hybridized carbons (Fsp3) is 0.632. The predicted molar refractivity (Wildman–Crippen MR) is 172 cm³/mol. The van der Waals surface area contributed by atoms with Gasteiger partial charge in [0.25, 0.3) is 0 Å². The molecular weight excluding hydrogens is 546 g/mol. The first-order chi connectivity index (χ1) is 21.2. The van der Waals surface area contributed by atoms with E-state index < -0.39 is 5.54 Å². The van der Waals surface area contributed by atoms with E-state index in [0.29, 0.717) is 18.9 Å². The number of hydrogen-bond acceptors (Lipinski definition) is 3. The summed E-state index contributed by atoms with van der Waals surface area (Å²) in [5.74, 6) is 3.75. The summed E-state index contributed by atoms with van der Waals surface area (Å²) in [4.78, 5) is 35.1. The predicted octanol–water partition coefficient (Wildman–Crippen LogP) is 8.02. The molecule has 0 unspecified atom stereocenters. The maximum atomic E-state index is 14.8. The van der Waals surface area contributed by atoms with E-state index in [1.807, 2.05) is 17.0 Å². The number of aromatic amines is 1. The number of nitrogens with one attached hydrogen (secondary N) is 2. The van der Waals surface area contributed by atoms with E-state index in [2.05, 4.69) is 55.3 Å². The maximum absolute atomic E-state index is 14.8. The van der Waals surface area contributed by atoms with Crippen LogP contribution in [0.15, 0.2) is 47.1 Å². The van der Waals surface area contributed by atoms with Crippen molar-refractivity contribution in [3.05, 3.63) is 59.7 Å². The summed E-state index contributed by atoms with van der Waals surface area (Å²) >= 11 is 0. The normalized spacial score (nSPS) is 32.9. The van der Waals surface area contributed by atoms with Gasteiger partial charge in [0, 0.05) is 28.6 Å². The minimum absolute atomic E-state index is 0.00290. The van der Waals surface area contributed by atoms with Crippen molar-refractivity contribution in [2.45, 2.75) is 121 Å². The monoisotopic (exact) mass is 595 g/mol. The zero-order valence-corrected chi connectivity index (χ0v) is 26.8. The van der Waals surface area contributed by atoms with Crippen molar-refractivity contribution in [3.8, 4) is 0 Å². The van der Waals surface area contributed by atoms with E-state index >= 15 is 0 Å². The number of furan rings is 1. The summed E-state index contributed by atoms with van der Waals surface area (Å²) in [5.41, 5.74) is 2.82. The Morgan fingerprint density at radius 1 is 0.955 bits per heavy atom. The van der Waals surface area contributed by atoms with Gasteiger partial charge in [0.1, 0.15) is 11.3 Å². The summed E-state index contributed by atoms with van der Waals surface area (Å²) in [6, 6.07) is 12.4. The fourth-order valence-corrected chi connectivity index (χ4v) is 11.1. The van der Waals surface area contributed by atoms with Crippen molar-refractivity contribution in [3.63, 3.8) is 0 Å². The number of hydrogen-bond donors (Lipinski definition) is 2. The van der Waals surface area contributed by atoms with Crippen molar-refractivity contribution < 1.29 is 14.0 Å². The number of amides is 2. The second kappa shape index (κ2) is 10.3. The molecule has 2 atom stereocenters. The van der Waals surface area contributed by atoms with Crippen LogP contribution >= 0.6 is 0 Å². The van der Waals surface area contributed by atoms with Crippen molar-refractivity contribution >= 4 is 22.7 Å². The highest BCUT2D eigenvalue weighted by molar-refractivity contribution is 5.93. The van der Waals surface area contributed by atoms with Crippen LogP contribution in [0.5, 0.6) is 0 Å². The summed E-state index contributed by atoms with van der Waals surface area (Å²) in [5, 5.41) is 4.99. The first-order valence-corrected chi connectivity index (χ1v) is 17.4. The second-order valence-corrected chi connectivity index (χ2v) is 16.1. The third-order valence-corrected chi connectivity index (χ3v) is 12.9. The third-order valence-electron chi connectivity index (χ3n) is 12.9. The van der Waals surface area contributed by atoms with Crippen LogP contribution in [0, 0.1) is 36.0 Å². The second-order valence-electron chi connectivity index (χ2n) is 16.1. The minimum atomic E-state index is -0.823. The van der Waals surface area contributed by atoms with Crippen LogP contribution < -0.4 is 5.32 Å². The van der Waals surface area contributed by atoms with Crippen molar-refractivity contribution in [1.29, 1.82) is 0 Å². The van der Waals surface area contributed by atoms with Gasteiger partial charge in [-0.15, -0.1) is 0 Å². The molecule has 234 valence electrons. The number of carbonyl (C=O) groups excluding carboxylic acids is 2. The molecule has 44 heavy (non-hydrogen) atoms. The maximum Gasteiger partial charge on any atom is 0.246 e. The van der Waals surface area contributed by atoms with E-state index in [1.165, 1.54) is 35.9 Å². The molecular formula is C38H49N3O3. The first kappa shape index (κ1) is 28.5. The topological polar surface area (TPSA) is 78.3 Å². The standard InChI is InChI=1S/C38H49N3O3/c1-24-33(29-11-5-6-12-31(29)39-24)34-30(36(34,2)3)19-32(42)41(23-28-10-9-15-44-28)38(13-7-4-8-14-38)35(43)40-37-20-25-16-26(21-37)18-27(17-25)22-37/h5-6,9-12,15,25-27,30,34,39H,4,7-8,13-14,16-23H2,1-3H3,(H,40,43)/t25?,26?,27?,30-,34+,37?/m0/s1. The lowest BCUT2D eigenvalue weighted by Crippen LogP contribution is -2.67. The molecule has 0 radical (unpaired) electrons. The summed E-state index contributed by atoms with van der Waals surface area (Å²) < 4.78 is 5.84. The number of aromatic nitrogens is 1. The SMILES string of the molecule is Cc1[nH]c2ccccc2c1[C@H]1[C@H](CC(=O)N(Cc2ccco2)C2(C(=O)NC34CC5CC(CC(C5)C3)C4)CCCCC2)C1(C)C. The van der Waals surface area contributed by atoms with Crippen molar-refractivity contribution in [1.82, 2.24) is 15.2 Å². The lowest BCUT2D eigenvalue weighted by molar-refractivity contribution is -0.155. The van der Waals surface area contributed by atoms with Gasteiger partial charge in [-0.3, -0.25) is 9.59 Å². The van der Waals surface area contributed by atoms with Gasteiger partial charge in [-0.2, -0.15) is 0 Å². The molecule has 3 aromatic rings. The van der Waals surface area contributed by atoms with Crippen LogP contribution in [0.25, 0.3) is 10.9 Å². The molecule has 0 saturated heterocycles. The van der Waals surface area contributed by atoms with Gasteiger partial charge in [-0.05, 0) is 117 Å². The molecule has 0 aliphatic heterocycles. The highest BCUT2D eigenvalue weighted by atomic mass is 16.3. The zero-order valence-electron chi connectivity index (χ0n) is 26.8. The van der Waals surface area contributed by atoms with E-state index in [4.69, 9.17) is 4.42 Å². The number of rotatable bonds is 8. The van der Waals surface area contributed by atoms with E-state index in [0.717, 1.165) is 80.4 Å². The average molecular weight is 596 g/mol. The first-order valence-electron chi connectivity index (χ1n) is 17.4. The van der Waals surface area contributed by atoms with E-state index in [9.17, 15) is 9.59 Å². The van der Waals surface area contributed by atoms with Crippen molar-refractivity contribution in [2.24, 2.45) is 29.1 Å². The van der Waals surface area contributed by atoms with E-state index in [1.54, 1.807) is 6.26 Å². The number of nitrogens with zero attached hydrogens (tertiary/aromatic N) is 1. The van der Waals surface area contributed by atoms with Crippen LogP contribution in [0.1, 0.15) is 114 Å². The lowest BCUT2D eigenvalue weighted by Gasteiger charge is -2.58. The molecule has 6 aliphatic rings. The molecule has 2 aromatic heterocycles. The molecule has 2 amide bonds. The Morgan fingerprint density at radius 2 is 1.64 bits per heavy atom. The molecule has 4 bridgehead atoms. The van der Waals surface area contributed by atoms with Gasteiger partial charge in [0.15, 0.2) is 0 Å². The number of carbonyl (C=O) groups is 2. The van der Waals surface area contributed by atoms with Crippen LogP contribution in [0.2, 0.25) is 0 Å². The number of benzene rings is 1. The highest BCUT2D eigenvalue weighted by Crippen LogP contribution is 2.67. The van der Waals surface area contributed by atoms with Crippen LogP contribution in [0.4, 0.5) is 0 Å². The molecule has 0 spiro atoms. The molecule has 2 heterocycles. The third kappa shape index (κ3) is 4.57. The van der Waals surface area contributed by atoms with Gasteiger partial charge < -0.3 is 19.6 Å². The Kier molecular flexibility index (Phi) is 6.63. The zero-order chi connectivity index (χ0) is 30.3. The summed E-state index contributed by atoms with van der Waals surface area (Å²) in [7, 11) is 0. The molecule has 2 N–H and O–H groups in total. The van der Waals surface area contributed by atoms with E-state index in [-0.39, 0.29) is 28.7 Å². The molecule has 6 aliphatic carbocycles. The van der Waals surface area contributed by atoms with Gasteiger partial charge in [0.2, 0.25) is 11.8 Å². The number of aryl methyl sites for hydroxylation is 1. The van der Waals surface area contributed by atoms with Gasteiger partial charge in [0.05, 0.1) is 12.8 Å². The molecule has 9 rings (SSSR count).